The Morgan fingerprint density at radius 3 is 2.64 bits per heavy atom. The maximum atomic E-state index is 13.8. The Balaban J connectivity index is 1.48. The molecule has 0 bridgehead atoms. The summed E-state index contributed by atoms with van der Waals surface area (Å²) in [6.45, 7) is 4.47. The summed E-state index contributed by atoms with van der Waals surface area (Å²) >= 11 is 1.49. The average Bonchev–Trinajstić information content (AvgIpc) is 3.18. The number of halogens is 1. The molecule has 3 heterocycles. The normalized spacial score (nSPS) is 15.2. The van der Waals surface area contributed by atoms with Gasteiger partial charge in [-0.05, 0) is 25.1 Å². The van der Waals surface area contributed by atoms with E-state index in [4.69, 9.17) is 0 Å². The summed E-state index contributed by atoms with van der Waals surface area (Å²) in [4.78, 5) is 21.0. The van der Waals surface area contributed by atoms with Crippen molar-refractivity contribution in [2.45, 2.75) is 6.92 Å². The quantitative estimate of drug-likeness (QED) is 0.705. The molecule has 1 fully saturated rings. The Kier molecular flexibility index (Phi) is 3.91. The SMILES string of the molecule is Cc1cc(C(=O)N2CCN(c3nc4c(F)cccc4s3)CC2)n(C)n1. The number of para-hydroxylation sites is 1. The van der Waals surface area contributed by atoms with Crippen LogP contribution in [0.25, 0.3) is 10.2 Å². The number of nitrogens with zero attached hydrogens (tertiary/aromatic N) is 5. The first-order valence-corrected chi connectivity index (χ1v) is 8.94. The summed E-state index contributed by atoms with van der Waals surface area (Å²) < 4.78 is 16.3. The fraction of sp³-hybridized carbons (Fsp3) is 0.353. The van der Waals surface area contributed by atoms with E-state index in [1.54, 1.807) is 17.8 Å². The van der Waals surface area contributed by atoms with Gasteiger partial charge < -0.3 is 9.80 Å². The lowest BCUT2D eigenvalue weighted by Crippen LogP contribution is -2.49. The van der Waals surface area contributed by atoms with E-state index < -0.39 is 0 Å². The number of aromatic nitrogens is 3. The molecule has 1 amide bonds. The van der Waals surface area contributed by atoms with Crippen molar-refractivity contribution in [3.8, 4) is 0 Å². The highest BCUT2D eigenvalue weighted by Crippen LogP contribution is 2.30. The Hall–Kier alpha value is -2.48. The number of anilines is 1. The molecule has 0 unspecified atom stereocenters. The third-order valence-corrected chi connectivity index (χ3v) is 5.50. The number of carbonyl (C=O) groups is 1. The molecular formula is C17H18FN5OS. The minimum Gasteiger partial charge on any atom is -0.345 e. The molecule has 25 heavy (non-hydrogen) atoms. The van der Waals surface area contributed by atoms with Crippen molar-refractivity contribution in [2.24, 2.45) is 7.05 Å². The molecule has 130 valence electrons. The lowest BCUT2D eigenvalue weighted by atomic mass is 10.2. The molecule has 0 N–H and O–H groups in total. The van der Waals surface area contributed by atoms with E-state index in [1.807, 2.05) is 24.0 Å². The Bertz CT molecular complexity index is 942. The second-order valence-corrected chi connectivity index (χ2v) is 7.17. The zero-order chi connectivity index (χ0) is 17.6. The molecular weight excluding hydrogens is 341 g/mol. The van der Waals surface area contributed by atoms with Crippen molar-refractivity contribution in [1.29, 1.82) is 0 Å². The number of aryl methyl sites for hydroxylation is 2. The number of piperazine rings is 1. The van der Waals surface area contributed by atoms with Gasteiger partial charge in [-0.2, -0.15) is 5.10 Å². The molecule has 8 heteroatoms. The third kappa shape index (κ3) is 2.86. The summed E-state index contributed by atoms with van der Waals surface area (Å²) in [6, 6.07) is 6.82. The van der Waals surface area contributed by atoms with Crippen LogP contribution in [-0.4, -0.2) is 51.8 Å². The van der Waals surface area contributed by atoms with Gasteiger partial charge in [0.1, 0.15) is 17.0 Å². The zero-order valence-electron chi connectivity index (χ0n) is 14.1. The van der Waals surface area contributed by atoms with Gasteiger partial charge in [0.25, 0.3) is 5.91 Å². The van der Waals surface area contributed by atoms with E-state index in [2.05, 4.69) is 15.0 Å². The first kappa shape index (κ1) is 16.0. The molecule has 1 aliphatic heterocycles. The summed E-state index contributed by atoms with van der Waals surface area (Å²) in [7, 11) is 1.78. The molecule has 1 saturated heterocycles. The largest absolute Gasteiger partial charge is 0.345 e. The van der Waals surface area contributed by atoms with Crippen LogP contribution in [0.2, 0.25) is 0 Å². The van der Waals surface area contributed by atoms with Crippen molar-refractivity contribution < 1.29 is 9.18 Å². The average molecular weight is 359 g/mol. The van der Waals surface area contributed by atoms with E-state index in [0.29, 0.717) is 37.4 Å². The third-order valence-electron chi connectivity index (χ3n) is 4.42. The van der Waals surface area contributed by atoms with E-state index in [0.717, 1.165) is 15.5 Å². The first-order valence-electron chi connectivity index (χ1n) is 8.13. The van der Waals surface area contributed by atoms with Gasteiger partial charge in [-0.25, -0.2) is 9.37 Å². The maximum Gasteiger partial charge on any atom is 0.272 e. The Labute approximate surface area is 148 Å². The first-order chi connectivity index (χ1) is 12.0. The maximum absolute atomic E-state index is 13.8. The number of rotatable bonds is 2. The minimum atomic E-state index is -0.291. The molecule has 4 rings (SSSR count). The van der Waals surface area contributed by atoms with Crippen LogP contribution in [0.5, 0.6) is 0 Å². The minimum absolute atomic E-state index is 0.00176. The van der Waals surface area contributed by atoms with E-state index in [9.17, 15) is 9.18 Å². The summed E-state index contributed by atoms with van der Waals surface area (Å²) in [5.74, 6) is -0.293. The van der Waals surface area contributed by atoms with E-state index >= 15 is 0 Å². The fourth-order valence-corrected chi connectivity index (χ4v) is 4.14. The molecule has 3 aromatic rings. The van der Waals surface area contributed by atoms with Gasteiger partial charge in [0.2, 0.25) is 0 Å². The Morgan fingerprint density at radius 1 is 1.24 bits per heavy atom. The Morgan fingerprint density at radius 2 is 2.00 bits per heavy atom. The number of benzene rings is 1. The summed E-state index contributed by atoms with van der Waals surface area (Å²) in [5.41, 5.74) is 1.86. The van der Waals surface area contributed by atoms with Crippen molar-refractivity contribution in [3.63, 3.8) is 0 Å². The van der Waals surface area contributed by atoms with Gasteiger partial charge in [0.15, 0.2) is 5.13 Å². The van der Waals surface area contributed by atoms with Crippen molar-refractivity contribution in [3.05, 3.63) is 41.5 Å². The monoisotopic (exact) mass is 359 g/mol. The van der Waals surface area contributed by atoms with Gasteiger partial charge in [-0.1, -0.05) is 17.4 Å². The van der Waals surface area contributed by atoms with Gasteiger partial charge in [0.05, 0.1) is 10.4 Å². The van der Waals surface area contributed by atoms with Gasteiger partial charge >= 0.3 is 0 Å². The van der Waals surface area contributed by atoms with Gasteiger partial charge in [-0.3, -0.25) is 9.48 Å². The smallest absolute Gasteiger partial charge is 0.272 e. The van der Waals surface area contributed by atoms with Crippen molar-refractivity contribution >= 4 is 32.6 Å². The van der Waals surface area contributed by atoms with E-state index in [1.165, 1.54) is 17.4 Å². The molecule has 0 spiro atoms. The van der Waals surface area contributed by atoms with Gasteiger partial charge in [-0.15, -0.1) is 0 Å². The molecule has 1 aromatic carbocycles. The number of carbonyl (C=O) groups excluding carboxylic acids is 1. The number of amides is 1. The molecule has 0 radical (unpaired) electrons. The number of hydrogen-bond acceptors (Lipinski definition) is 5. The van der Waals surface area contributed by atoms with Crippen molar-refractivity contribution in [2.75, 3.05) is 31.1 Å². The van der Waals surface area contributed by atoms with Crippen LogP contribution in [0.3, 0.4) is 0 Å². The lowest BCUT2D eigenvalue weighted by Gasteiger charge is -2.34. The highest BCUT2D eigenvalue weighted by Gasteiger charge is 2.26. The molecule has 0 aliphatic carbocycles. The highest BCUT2D eigenvalue weighted by atomic mass is 32.1. The predicted molar refractivity (Wildman–Crippen MR) is 95.6 cm³/mol. The lowest BCUT2D eigenvalue weighted by molar-refractivity contribution is 0.0735. The molecule has 0 atom stereocenters. The standard InChI is InChI=1S/C17H18FN5OS/c1-11-10-13(21(2)20-11)16(24)22-6-8-23(9-7-22)17-19-15-12(18)4-3-5-14(15)25-17/h3-5,10H,6-9H2,1-2H3. The summed E-state index contributed by atoms with van der Waals surface area (Å²) in [6.07, 6.45) is 0. The molecule has 1 aliphatic rings. The highest BCUT2D eigenvalue weighted by molar-refractivity contribution is 7.22. The summed E-state index contributed by atoms with van der Waals surface area (Å²) in [5, 5.41) is 5.05. The van der Waals surface area contributed by atoms with Crippen LogP contribution in [0.4, 0.5) is 9.52 Å². The number of fused-ring (bicyclic) bond motifs is 1. The second-order valence-electron chi connectivity index (χ2n) is 6.16. The number of hydrogen-bond donors (Lipinski definition) is 0. The van der Waals surface area contributed by atoms with Crippen LogP contribution < -0.4 is 4.90 Å². The van der Waals surface area contributed by atoms with Crippen LogP contribution in [0.1, 0.15) is 16.2 Å². The van der Waals surface area contributed by atoms with E-state index in [-0.39, 0.29) is 11.7 Å². The van der Waals surface area contributed by atoms with Crippen LogP contribution in [0, 0.1) is 12.7 Å². The van der Waals surface area contributed by atoms with Crippen LogP contribution >= 0.6 is 11.3 Å². The zero-order valence-corrected chi connectivity index (χ0v) is 14.9. The molecule has 2 aromatic heterocycles. The topological polar surface area (TPSA) is 54.3 Å². The number of thiazole rings is 1. The molecule has 6 nitrogen and oxygen atoms in total. The van der Waals surface area contributed by atoms with Crippen LogP contribution in [-0.2, 0) is 7.05 Å². The fourth-order valence-electron chi connectivity index (χ4n) is 3.11. The van der Waals surface area contributed by atoms with Gasteiger partial charge in [0, 0.05) is 33.2 Å². The van der Waals surface area contributed by atoms with Crippen molar-refractivity contribution in [1.82, 2.24) is 19.7 Å². The van der Waals surface area contributed by atoms with Crippen LogP contribution in [0.15, 0.2) is 24.3 Å². The second kappa shape index (κ2) is 6.11. The predicted octanol–water partition coefficient (Wildman–Crippen LogP) is 2.44. The molecule has 0 saturated carbocycles.